The molecule has 1 aromatic carbocycles. The predicted molar refractivity (Wildman–Crippen MR) is 232 cm³/mol. The van der Waals surface area contributed by atoms with Crippen molar-refractivity contribution in [3.05, 3.63) is 35.9 Å². The number of carbonyl (C=O) groups excluding carboxylic acids is 5. The summed E-state index contributed by atoms with van der Waals surface area (Å²) in [5, 5.41) is 53.2. The lowest BCUT2D eigenvalue weighted by molar-refractivity contribution is -0.143. The first-order valence-electron chi connectivity index (χ1n) is 20.5. The van der Waals surface area contributed by atoms with Gasteiger partial charge in [-0.1, -0.05) is 64.4 Å². The second-order valence-electron chi connectivity index (χ2n) is 15.3. The van der Waals surface area contributed by atoms with Crippen LogP contribution in [-0.4, -0.2) is 114 Å². The lowest BCUT2D eigenvalue weighted by Gasteiger charge is -2.29. The van der Waals surface area contributed by atoms with E-state index in [9.17, 15) is 33.9 Å². The fraction of sp³-hybridized carbons (Fsp3) is 0.615. The smallest absolute Gasteiger partial charge is 0.326 e. The molecule has 61 heavy (non-hydrogen) atoms. The Morgan fingerprint density at radius 1 is 0.607 bits per heavy atom. The van der Waals surface area contributed by atoms with E-state index in [4.69, 9.17) is 39.2 Å². The van der Waals surface area contributed by atoms with Crippen molar-refractivity contribution in [2.24, 2.45) is 34.8 Å². The van der Waals surface area contributed by atoms with Crippen LogP contribution in [0, 0.1) is 28.1 Å². The quantitative estimate of drug-likeness (QED) is 0.0234. The number of carbonyl (C=O) groups is 6. The van der Waals surface area contributed by atoms with Crippen LogP contribution < -0.4 is 65.5 Å². The van der Waals surface area contributed by atoms with E-state index in [0.717, 1.165) is 5.56 Å². The highest BCUT2D eigenvalue weighted by Crippen LogP contribution is 2.12. The zero-order valence-corrected chi connectivity index (χ0v) is 35.7. The van der Waals surface area contributed by atoms with Gasteiger partial charge < -0.3 is 70.6 Å². The Bertz CT molecular complexity index is 1610. The number of nitrogens with two attached hydrogens (primary N) is 4. The van der Waals surface area contributed by atoms with Crippen molar-refractivity contribution in [2.45, 2.75) is 122 Å². The van der Waals surface area contributed by atoms with Crippen LogP contribution in [0.2, 0.25) is 0 Å². The Morgan fingerprint density at radius 2 is 1.02 bits per heavy atom. The summed E-state index contributed by atoms with van der Waals surface area (Å²) in [6.07, 6.45) is 1.58. The van der Waals surface area contributed by atoms with Gasteiger partial charge >= 0.3 is 5.97 Å². The van der Waals surface area contributed by atoms with E-state index >= 15 is 0 Å². The standard InChI is InChI=1S/C39H69N15O7/c1-5-23(4)30(35(59)52-28(36(60)61)16-11-19-49-39(45)46)54-33(57)27(15-10-18-48-38(43)44)50-32(56)26(14-9-17-47-37(41)42)51-34(58)29(20-22(2)3)53-31(55)25(40)21-24-12-7-6-8-13-24/h6-8,12-13,22-23,25-30H,5,9-11,14-21,40H2,1-4H3,(H,50,56)(H,51,58)(H,52,59)(H,53,55)(H,54,57)(H,60,61)(H4,41,42,47)(H4,43,44,48)(H4,45,46,49)/t23-,25-,26-,27-,28-,29-,30-/m0/s1. The van der Waals surface area contributed by atoms with Crippen molar-refractivity contribution in [3.63, 3.8) is 0 Å². The van der Waals surface area contributed by atoms with Gasteiger partial charge in [0.25, 0.3) is 0 Å². The van der Waals surface area contributed by atoms with Gasteiger partial charge in [-0.25, -0.2) is 4.79 Å². The molecule has 1 aromatic rings. The largest absolute Gasteiger partial charge is 0.480 e. The van der Waals surface area contributed by atoms with Crippen LogP contribution in [0.3, 0.4) is 0 Å². The maximum atomic E-state index is 14.1. The lowest BCUT2D eigenvalue weighted by Crippen LogP contribution is -2.60. The van der Waals surface area contributed by atoms with Crippen LogP contribution in [0.25, 0.3) is 0 Å². The van der Waals surface area contributed by atoms with E-state index in [-0.39, 0.29) is 94.8 Å². The molecule has 0 aliphatic carbocycles. The first-order valence-corrected chi connectivity index (χ1v) is 20.5. The van der Waals surface area contributed by atoms with Crippen LogP contribution >= 0.6 is 0 Å². The summed E-state index contributed by atoms with van der Waals surface area (Å²) in [5.74, 6) is -6.26. The van der Waals surface area contributed by atoms with E-state index < -0.39 is 77.7 Å². The number of hydrogen-bond donors (Lipinski definition) is 16. The van der Waals surface area contributed by atoms with Crippen LogP contribution in [0.5, 0.6) is 0 Å². The zero-order chi connectivity index (χ0) is 46.1. The summed E-state index contributed by atoms with van der Waals surface area (Å²) in [6.45, 7) is 7.73. The molecule has 22 heteroatoms. The predicted octanol–water partition coefficient (Wildman–Crippen LogP) is -2.05. The van der Waals surface area contributed by atoms with Gasteiger partial charge in [0.1, 0.15) is 30.2 Å². The van der Waals surface area contributed by atoms with Crippen molar-refractivity contribution in [1.29, 1.82) is 16.2 Å². The van der Waals surface area contributed by atoms with Gasteiger partial charge in [-0.05, 0) is 68.8 Å². The van der Waals surface area contributed by atoms with Gasteiger partial charge in [0, 0.05) is 19.6 Å². The molecule has 5 amide bonds. The minimum Gasteiger partial charge on any atom is -0.480 e. The third-order valence-corrected chi connectivity index (χ3v) is 9.60. The second-order valence-corrected chi connectivity index (χ2v) is 15.3. The lowest BCUT2D eigenvalue weighted by atomic mass is 9.96. The molecular formula is C39H69N15O7. The maximum absolute atomic E-state index is 14.1. The molecule has 1 rings (SSSR count). The SMILES string of the molecule is CC[C@H](C)[C@H](NC(=O)[C@H](CCCNC(=N)N)NC(=O)[C@H](CCCNC(=N)N)NC(=O)[C@H](CC(C)C)NC(=O)[C@@H](N)Cc1ccccc1)C(=O)N[C@@H](CCCNC(=N)N)C(=O)O. The van der Waals surface area contributed by atoms with E-state index in [1.165, 1.54) is 0 Å². The number of hydrogen-bond acceptors (Lipinski definition) is 10. The summed E-state index contributed by atoms with van der Waals surface area (Å²) in [4.78, 5) is 80.8. The molecule has 0 aliphatic heterocycles. The number of aliphatic carboxylic acids is 1. The summed E-state index contributed by atoms with van der Waals surface area (Å²) >= 11 is 0. The molecule has 0 saturated heterocycles. The van der Waals surface area contributed by atoms with Crippen LogP contribution in [-0.2, 0) is 35.2 Å². The van der Waals surface area contributed by atoms with Gasteiger partial charge in [-0.3, -0.25) is 40.2 Å². The van der Waals surface area contributed by atoms with Crippen LogP contribution in [0.4, 0.5) is 0 Å². The summed E-state index contributed by atoms with van der Waals surface area (Å²) in [6, 6.07) is 2.03. The third-order valence-electron chi connectivity index (χ3n) is 9.60. The highest BCUT2D eigenvalue weighted by molar-refractivity contribution is 5.96. The monoisotopic (exact) mass is 860 g/mol. The fourth-order valence-electron chi connectivity index (χ4n) is 6.09. The van der Waals surface area contributed by atoms with Gasteiger partial charge in [0.15, 0.2) is 17.9 Å². The van der Waals surface area contributed by atoms with E-state index in [0.29, 0.717) is 6.42 Å². The molecule has 20 N–H and O–H groups in total. The molecular weight excluding hydrogens is 791 g/mol. The molecule has 0 unspecified atom stereocenters. The fourth-order valence-corrected chi connectivity index (χ4v) is 6.09. The van der Waals surface area contributed by atoms with Gasteiger partial charge in [0.05, 0.1) is 6.04 Å². The van der Waals surface area contributed by atoms with Crippen LogP contribution in [0.15, 0.2) is 30.3 Å². The van der Waals surface area contributed by atoms with E-state index in [1.807, 2.05) is 44.2 Å². The maximum Gasteiger partial charge on any atom is 0.326 e. The number of guanidine groups is 3. The highest BCUT2D eigenvalue weighted by atomic mass is 16.4. The Morgan fingerprint density at radius 3 is 1.44 bits per heavy atom. The van der Waals surface area contributed by atoms with Crippen molar-refractivity contribution in [3.8, 4) is 0 Å². The Kier molecular flexibility index (Phi) is 24.5. The second kappa shape index (κ2) is 28.3. The molecule has 0 bridgehead atoms. The molecule has 0 aliphatic rings. The van der Waals surface area contributed by atoms with Crippen LogP contribution in [0.1, 0.15) is 84.6 Å². The van der Waals surface area contributed by atoms with Crippen molar-refractivity contribution in [1.82, 2.24) is 42.5 Å². The van der Waals surface area contributed by atoms with E-state index in [1.54, 1.807) is 13.8 Å². The van der Waals surface area contributed by atoms with Crippen molar-refractivity contribution >= 4 is 53.4 Å². The molecule has 0 fully saturated rings. The molecule has 0 heterocycles. The summed E-state index contributed by atoms with van der Waals surface area (Å²) in [5.41, 5.74) is 23.2. The highest BCUT2D eigenvalue weighted by Gasteiger charge is 2.34. The number of nitrogens with one attached hydrogen (secondary N) is 11. The Labute approximate surface area is 357 Å². The van der Waals surface area contributed by atoms with Crippen molar-refractivity contribution < 1.29 is 33.9 Å². The summed E-state index contributed by atoms with van der Waals surface area (Å²) in [7, 11) is 0. The van der Waals surface area contributed by atoms with Gasteiger partial charge in [0.2, 0.25) is 29.5 Å². The first-order chi connectivity index (χ1) is 28.7. The number of amides is 5. The molecule has 0 saturated carbocycles. The molecule has 22 nitrogen and oxygen atoms in total. The molecule has 0 radical (unpaired) electrons. The number of carboxylic acids is 1. The van der Waals surface area contributed by atoms with Gasteiger partial charge in [-0.2, -0.15) is 0 Å². The number of benzene rings is 1. The Balaban J connectivity index is 3.38. The number of carboxylic acid groups (broad SMARTS) is 1. The van der Waals surface area contributed by atoms with E-state index in [2.05, 4.69) is 42.5 Å². The molecule has 0 spiro atoms. The first kappa shape index (κ1) is 52.8. The normalized spacial score (nSPS) is 14.3. The minimum absolute atomic E-state index is 0.00159. The summed E-state index contributed by atoms with van der Waals surface area (Å²) < 4.78 is 0. The Hall–Kier alpha value is -6.19. The van der Waals surface area contributed by atoms with Gasteiger partial charge in [-0.15, -0.1) is 0 Å². The zero-order valence-electron chi connectivity index (χ0n) is 35.7. The average Bonchev–Trinajstić information content (AvgIpc) is 3.19. The number of rotatable bonds is 29. The minimum atomic E-state index is -1.32. The molecule has 0 aromatic heterocycles. The average molecular weight is 860 g/mol. The topological polar surface area (TPSA) is 395 Å². The third kappa shape index (κ3) is 22.1. The molecule has 7 atom stereocenters. The molecule has 342 valence electrons. The van der Waals surface area contributed by atoms with Crippen molar-refractivity contribution in [2.75, 3.05) is 19.6 Å².